The van der Waals surface area contributed by atoms with Crippen LogP contribution in [-0.4, -0.2) is 27.2 Å². The Labute approximate surface area is 217 Å². The predicted octanol–water partition coefficient (Wildman–Crippen LogP) is 6.45. The summed E-state index contributed by atoms with van der Waals surface area (Å²) in [5, 5.41) is 10.3. The van der Waals surface area contributed by atoms with E-state index in [9.17, 15) is 4.79 Å². The largest absolute Gasteiger partial charge is 0.493 e. The van der Waals surface area contributed by atoms with Gasteiger partial charge in [-0.3, -0.25) is 9.78 Å². The highest BCUT2D eigenvalue weighted by Crippen LogP contribution is 2.28. The highest BCUT2D eigenvalue weighted by atomic mass is 16.5. The number of carbonyl (C=O) groups is 1. The molecule has 0 saturated heterocycles. The molecule has 0 spiro atoms. The molecule has 0 amide bonds. The number of benzene rings is 3. The van der Waals surface area contributed by atoms with Crippen molar-refractivity contribution in [2.24, 2.45) is 0 Å². The number of carboxylic acid groups (broad SMARTS) is 1. The minimum absolute atomic E-state index is 0.132. The van der Waals surface area contributed by atoms with Crippen molar-refractivity contribution in [2.45, 2.75) is 32.1 Å². The average molecular weight is 491 g/mol. The molecule has 0 unspecified atom stereocenters. The van der Waals surface area contributed by atoms with E-state index >= 15 is 0 Å². The van der Waals surface area contributed by atoms with Crippen LogP contribution >= 0.6 is 0 Å². The van der Waals surface area contributed by atoms with Gasteiger partial charge in [-0.1, -0.05) is 42.5 Å². The number of nitrogens with zero attached hydrogens (tertiary/aromatic N) is 2. The van der Waals surface area contributed by atoms with E-state index in [2.05, 4.69) is 64.3 Å². The van der Waals surface area contributed by atoms with Gasteiger partial charge in [0.25, 0.3) is 0 Å². The van der Waals surface area contributed by atoms with Gasteiger partial charge in [0.05, 0.1) is 12.1 Å². The Morgan fingerprint density at radius 3 is 2.38 bits per heavy atom. The van der Waals surface area contributed by atoms with Crippen molar-refractivity contribution in [1.82, 2.24) is 9.55 Å². The van der Waals surface area contributed by atoms with Crippen molar-refractivity contribution in [2.75, 3.05) is 6.61 Å². The third-order valence-corrected chi connectivity index (χ3v) is 6.57. The van der Waals surface area contributed by atoms with E-state index in [0.717, 1.165) is 47.5 Å². The summed E-state index contributed by atoms with van der Waals surface area (Å²) in [4.78, 5) is 15.4. The van der Waals surface area contributed by atoms with Crippen LogP contribution in [-0.2, 0) is 30.5 Å². The number of pyridine rings is 1. The number of fused-ring (bicyclic) bond motifs is 1. The van der Waals surface area contributed by atoms with Gasteiger partial charge in [-0.2, -0.15) is 0 Å². The van der Waals surface area contributed by atoms with Crippen molar-refractivity contribution in [3.05, 3.63) is 126 Å². The molecule has 0 aliphatic heterocycles. The molecule has 0 saturated carbocycles. The minimum Gasteiger partial charge on any atom is -0.493 e. The fraction of sp³-hybridized carbons (Fsp3) is 0.188. The second kappa shape index (κ2) is 11.6. The van der Waals surface area contributed by atoms with Gasteiger partial charge in [-0.05, 0) is 84.5 Å². The van der Waals surface area contributed by atoms with Crippen LogP contribution < -0.4 is 4.74 Å². The van der Waals surface area contributed by atoms with E-state index in [1.807, 2.05) is 42.5 Å². The Bertz CT molecular complexity index is 1460. The normalized spacial score (nSPS) is 11.0. The zero-order valence-corrected chi connectivity index (χ0v) is 20.7. The smallest absolute Gasteiger partial charge is 0.303 e. The Morgan fingerprint density at radius 1 is 0.811 bits per heavy atom. The van der Waals surface area contributed by atoms with Crippen LogP contribution in [0.25, 0.3) is 16.6 Å². The average Bonchev–Trinajstić information content (AvgIpc) is 3.30. The summed E-state index contributed by atoms with van der Waals surface area (Å²) in [5.41, 5.74) is 6.80. The molecule has 0 radical (unpaired) electrons. The van der Waals surface area contributed by atoms with Gasteiger partial charge < -0.3 is 14.4 Å². The summed E-state index contributed by atoms with van der Waals surface area (Å²) in [6.07, 6.45) is 7.29. The molecule has 0 aliphatic rings. The summed E-state index contributed by atoms with van der Waals surface area (Å²) >= 11 is 0. The molecule has 186 valence electrons. The fourth-order valence-electron chi connectivity index (χ4n) is 4.61. The Balaban J connectivity index is 1.37. The number of aromatic nitrogens is 2. The molecule has 5 nitrogen and oxygen atoms in total. The second-order valence-electron chi connectivity index (χ2n) is 9.17. The predicted molar refractivity (Wildman–Crippen MR) is 147 cm³/mol. The third-order valence-electron chi connectivity index (χ3n) is 6.57. The summed E-state index contributed by atoms with van der Waals surface area (Å²) in [7, 11) is 0. The molecule has 37 heavy (non-hydrogen) atoms. The lowest BCUT2D eigenvalue weighted by Crippen LogP contribution is -2.02. The molecule has 5 aromatic rings. The maximum Gasteiger partial charge on any atom is 0.303 e. The van der Waals surface area contributed by atoms with E-state index in [0.29, 0.717) is 13.0 Å². The molecule has 0 bridgehead atoms. The first-order chi connectivity index (χ1) is 18.2. The lowest BCUT2D eigenvalue weighted by atomic mass is 10.0. The summed E-state index contributed by atoms with van der Waals surface area (Å²) < 4.78 is 8.16. The van der Waals surface area contributed by atoms with Crippen LogP contribution in [0.4, 0.5) is 0 Å². The zero-order chi connectivity index (χ0) is 25.5. The third kappa shape index (κ3) is 6.25. The van der Waals surface area contributed by atoms with Gasteiger partial charge in [-0.15, -0.1) is 0 Å². The topological polar surface area (TPSA) is 64.3 Å². The molecule has 0 aliphatic carbocycles. The lowest BCUT2D eigenvalue weighted by Gasteiger charge is -2.09. The fourth-order valence-corrected chi connectivity index (χ4v) is 4.61. The lowest BCUT2D eigenvalue weighted by molar-refractivity contribution is -0.136. The number of hydrogen-bond acceptors (Lipinski definition) is 3. The molecule has 0 fully saturated rings. The maximum atomic E-state index is 11.1. The summed E-state index contributed by atoms with van der Waals surface area (Å²) in [5.74, 6) is 0.0562. The highest BCUT2D eigenvalue weighted by Gasteiger charge is 2.12. The standard InChI is InChI=1S/C32H30N2O3/c35-32(36)18-11-25-10-17-31-30(22-25)26(12-9-24-6-2-1-3-7-24)23-34(31)28-13-15-29(16-14-28)37-21-19-27-8-4-5-20-33-27/h1-8,10,13-17,20,22-23H,9,11-12,18-19,21H2,(H,35,36). The molecule has 5 heteroatoms. The minimum atomic E-state index is -0.774. The molecule has 5 rings (SSSR count). The van der Waals surface area contributed by atoms with Crippen LogP contribution in [0.15, 0.2) is 103 Å². The maximum absolute atomic E-state index is 11.1. The number of rotatable bonds is 11. The van der Waals surface area contributed by atoms with Crippen LogP contribution in [0.3, 0.4) is 0 Å². The quantitative estimate of drug-likeness (QED) is 0.231. The Hall–Kier alpha value is -4.38. The zero-order valence-electron chi connectivity index (χ0n) is 20.7. The van der Waals surface area contributed by atoms with Crippen molar-refractivity contribution in [3.63, 3.8) is 0 Å². The SMILES string of the molecule is O=C(O)CCc1ccc2c(c1)c(CCc1ccccc1)cn2-c1ccc(OCCc2ccccn2)cc1. The van der Waals surface area contributed by atoms with Gasteiger partial charge in [0, 0.05) is 42.0 Å². The molecule has 3 aromatic carbocycles. The highest BCUT2D eigenvalue weighted by molar-refractivity contribution is 5.86. The molecular formula is C32H30N2O3. The summed E-state index contributed by atoms with van der Waals surface area (Å²) in [6, 6.07) is 30.9. The van der Waals surface area contributed by atoms with Crippen molar-refractivity contribution in [1.29, 1.82) is 0 Å². The van der Waals surface area contributed by atoms with E-state index < -0.39 is 5.97 Å². The molecule has 0 atom stereocenters. The Kier molecular flexibility index (Phi) is 7.60. The second-order valence-corrected chi connectivity index (χ2v) is 9.17. The van der Waals surface area contributed by atoms with Gasteiger partial charge in [0.2, 0.25) is 0 Å². The van der Waals surface area contributed by atoms with Gasteiger partial charge in [0.1, 0.15) is 5.75 Å². The van der Waals surface area contributed by atoms with Crippen LogP contribution in [0.2, 0.25) is 0 Å². The van der Waals surface area contributed by atoms with Gasteiger partial charge in [-0.25, -0.2) is 0 Å². The van der Waals surface area contributed by atoms with Crippen molar-refractivity contribution >= 4 is 16.9 Å². The number of aliphatic carboxylic acids is 1. The van der Waals surface area contributed by atoms with Crippen LogP contribution in [0.5, 0.6) is 5.75 Å². The molecular weight excluding hydrogens is 460 g/mol. The molecule has 1 N–H and O–H groups in total. The van der Waals surface area contributed by atoms with E-state index in [1.165, 1.54) is 16.5 Å². The molecule has 2 aromatic heterocycles. The van der Waals surface area contributed by atoms with E-state index in [-0.39, 0.29) is 6.42 Å². The van der Waals surface area contributed by atoms with Crippen molar-refractivity contribution in [3.8, 4) is 11.4 Å². The van der Waals surface area contributed by atoms with Crippen LogP contribution in [0, 0.1) is 0 Å². The Morgan fingerprint density at radius 2 is 1.62 bits per heavy atom. The van der Waals surface area contributed by atoms with Crippen LogP contribution in [0.1, 0.15) is 28.8 Å². The number of ether oxygens (including phenoxy) is 1. The number of hydrogen-bond donors (Lipinski definition) is 1. The molecule has 2 heterocycles. The summed E-state index contributed by atoms with van der Waals surface area (Å²) in [6.45, 7) is 0.575. The number of aryl methyl sites for hydroxylation is 3. The van der Waals surface area contributed by atoms with E-state index in [1.54, 1.807) is 6.20 Å². The first-order valence-corrected chi connectivity index (χ1v) is 12.7. The first kappa shape index (κ1) is 24.3. The first-order valence-electron chi connectivity index (χ1n) is 12.7. The van der Waals surface area contributed by atoms with E-state index in [4.69, 9.17) is 9.84 Å². The monoisotopic (exact) mass is 490 g/mol. The van der Waals surface area contributed by atoms with Gasteiger partial charge in [0.15, 0.2) is 0 Å². The van der Waals surface area contributed by atoms with Gasteiger partial charge >= 0.3 is 5.97 Å². The van der Waals surface area contributed by atoms with Crippen molar-refractivity contribution < 1.29 is 14.6 Å². The number of carboxylic acids is 1.